The van der Waals surface area contributed by atoms with Crippen LogP contribution < -0.4 is 5.32 Å². The summed E-state index contributed by atoms with van der Waals surface area (Å²) >= 11 is 0. The molecule has 6 heteroatoms. The summed E-state index contributed by atoms with van der Waals surface area (Å²) in [6.07, 6.45) is 3.25. The minimum absolute atomic E-state index is 0.102. The van der Waals surface area contributed by atoms with Gasteiger partial charge in [-0.15, -0.1) is 0 Å². The van der Waals surface area contributed by atoms with E-state index in [0.717, 1.165) is 5.56 Å². The average molecular weight is 362 g/mol. The molecule has 1 heterocycles. The van der Waals surface area contributed by atoms with Gasteiger partial charge in [0.25, 0.3) is 11.8 Å². The second kappa shape index (κ2) is 7.86. The third-order valence-corrected chi connectivity index (χ3v) is 4.52. The van der Waals surface area contributed by atoms with Crippen LogP contribution in [0.1, 0.15) is 39.2 Å². The molecule has 0 aliphatic heterocycles. The summed E-state index contributed by atoms with van der Waals surface area (Å²) in [7, 11) is 3.54. The maximum absolute atomic E-state index is 12.6. The van der Waals surface area contributed by atoms with Gasteiger partial charge in [0.1, 0.15) is 0 Å². The molecule has 1 N–H and O–H groups in total. The molecule has 0 saturated carbocycles. The zero-order valence-corrected chi connectivity index (χ0v) is 15.6. The number of nitrogens with zero attached hydrogens (tertiary/aromatic N) is 3. The Bertz CT molecular complexity index is 950. The van der Waals surface area contributed by atoms with Crippen molar-refractivity contribution in [1.29, 1.82) is 0 Å². The molecule has 3 rings (SSSR count). The lowest BCUT2D eigenvalue weighted by Gasteiger charge is -2.25. The van der Waals surface area contributed by atoms with Crippen LogP contribution in [0.2, 0.25) is 0 Å². The highest BCUT2D eigenvalue weighted by molar-refractivity contribution is 6.04. The van der Waals surface area contributed by atoms with Crippen molar-refractivity contribution in [2.75, 3.05) is 12.4 Å². The summed E-state index contributed by atoms with van der Waals surface area (Å²) < 4.78 is 1.60. The maximum atomic E-state index is 12.6. The van der Waals surface area contributed by atoms with Crippen LogP contribution in [0.5, 0.6) is 0 Å². The van der Waals surface area contributed by atoms with Crippen LogP contribution in [0.4, 0.5) is 5.69 Å². The number of amides is 2. The first kappa shape index (κ1) is 18.4. The molecule has 138 valence electrons. The van der Waals surface area contributed by atoms with Gasteiger partial charge in [-0.3, -0.25) is 14.3 Å². The van der Waals surface area contributed by atoms with Crippen LogP contribution in [0.3, 0.4) is 0 Å². The van der Waals surface area contributed by atoms with Crippen molar-refractivity contribution in [3.05, 3.63) is 83.7 Å². The van der Waals surface area contributed by atoms with Crippen LogP contribution in [0, 0.1) is 0 Å². The molecule has 0 fully saturated rings. The number of hydrogen-bond donors (Lipinski definition) is 1. The zero-order chi connectivity index (χ0) is 19.4. The Morgan fingerprint density at radius 2 is 1.81 bits per heavy atom. The standard InChI is InChI=1S/C21H22N4O2/c1-15(25(3)21(27)18-13-22-24(2)14-18)17-10-7-11-19(12-17)23-20(26)16-8-5-4-6-9-16/h4-15H,1-3H3,(H,23,26)/t15-/m1/s1. The average Bonchev–Trinajstić information content (AvgIpc) is 3.13. The summed E-state index contributed by atoms with van der Waals surface area (Å²) in [6, 6.07) is 16.4. The zero-order valence-electron chi connectivity index (χ0n) is 15.6. The van der Waals surface area contributed by atoms with Gasteiger partial charge in [-0.2, -0.15) is 5.10 Å². The molecule has 2 aromatic carbocycles. The van der Waals surface area contributed by atoms with Crippen LogP contribution in [0.15, 0.2) is 67.0 Å². The first-order valence-electron chi connectivity index (χ1n) is 8.68. The topological polar surface area (TPSA) is 67.2 Å². The molecule has 2 amide bonds. The second-order valence-electron chi connectivity index (χ2n) is 6.44. The fourth-order valence-electron chi connectivity index (χ4n) is 2.80. The van der Waals surface area contributed by atoms with Crippen molar-refractivity contribution in [1.82, 2.24) is 14.7 Å². The Hall–Kier alpha value is -3.41. The lowest BCUT2D eigenvalue weighted by Crippen LogP contribution is -2.29. The second-order valence-corrected chi connectivity index (χ2v) is 6.44. The molecule has 0 saturated heterocycles. The Labute approximate surface area is 158 Å². The van der Waals surface area contributed by atoms with Crippen molar-refractivity contribution in [3.63, 3.8) is 0 Å². The molecule has 0 unspecified atom stereocenters. The van der Waals surface area contributed by atoms with Gasteiger partial charge in [0.05, 0.1) is 17.8 Å². The van der Waals surface area contributed by atoms with Crippen LogP contribution >= 0.6 is 0 Å². The highest BCUT2D eigenvalue weighted by Gasteiger charge is 2.20. The Morgan fingerprint density at radius 3 is 2.48 bits per heavy atom. The monoisotopic (exact) mass is 362 g/mol. The number of aryl methyl sites for hydroxylation is 1. The lowest BCUT2D eigenvalue weighted by molar-refractivity contribution is 0.0742. The molecule has 0 spiro atoms. The summed E-state index contributed by atoms with van der Waals surface area (Å²) in [4.78, 5) is 26.6. The number of benzene rings is 2. The van der Waals surface area contributed by atoms with Gasteiger partial charge >= 0.3 is 0 Å². The molecule has 1 aromatic heterocycles. The molecule has 0 aliphatic carbocycles. The SMILES string of the molecule is C[C@H](c1cccc(NC(=O)c2ccccc2)c1)N(C)C(=O)c1cnn(C)c1. The van der Waals surface area contributed by atoms with Crippen molar-refractivity contribution >= 4 is 17.5 Å². The van der Waals surface area contributed by atoms with Gasteiger partial charge < -0.3 is 10.2 Å². The van der Waals surface area contributed by atoms with Crippen molar-refractivity contribution in [3.8, 4) is 0 Å². The Balaban J connectivity index is 1.74. The number of rotatable bonds is 5. The first-order chi connectivity index (χ1) is 13.0. The van der Waals surface area contributed by atoms with E-state index >= 15 is 0 Å². The van der Waals surface area contributed by atoms with Crippen LogP contribution in [-0.2, 0) is 7.05 Å². The molecular weight excluding hydrogens is 340 g/mol. The quantitative estimate of drug-likeness (QED) is 0.755. The summed E-state index contributed by atoms with van der Waals surface area (Å²) in [5, 5.41) is 6.95. The van der Waals surface area contributed by atoms with Gasteiger partial charge in [-0.25, -0.2) is 0 Å². The summed E-state index contributed by atoms with van der Waals surface area (Å²) in [6.45, 7) is 1.95. The highest BCUT2D eigenvalue weighted by Crippen LogP contribution is 2.23. The fourth-order valence-corrected chi connectivity index (χ4v) is 2.80. The Morgan fingerprint density at radius 1 is 1.07 bits per heavy atom. The number of carbonyl (C=O) groups excluding carboxylic acids is 2. The van der Waals surface area contributed by atoms with Gasteiger partial charge in [-0.05, 0) is 36.8 Å². The molecule has 0 bridgehead atoms. The van der Waals surface area contributed by atoms with Gasteiger partial charge in [0, 0.05) is 31.5 Å². The number of aromatic nitrogens is 2. The molecular formula is C21H22N4O2. The minimum Gasteiger partial charge on any atom is -0.335 e. The summed E-state index contributed by atoms with van der Waals surface area (Å²) in [5.74, 6) is -0.269. The third kappa shape index (κ3) is 4.23. The van der Waals surface area contributed by atoms with Gasteiger partial charge in [-0.1, -0.05) is 30.3 Å². The molecule has 0 aliphatic rings. The van der Waals surface area contributed by atoms with E-state index in [4.69, 9.17) is 0 Å². The van der Waals surface area contributed by atoms with E-state index in [9.17, 15) is 9.59 Å². The molecule has 6 nitrogen and oxygen atoms in total. The predicted octanol–water partition coefficient (Wildman–Crippen LogP) is 3.51. The van der Waals surface area contributed by atoms with E-state index in [1.54, 1.807) is 48.2 Å². The normalized spacial score (nSPS) is 11.7. The van der Waals surface area contributed by atoms with E-state index in [2.05, 4.69) is 10.4 Å². The van der Waals surface area contributed by atoms with E-state index in [-0.39, 0.29) is 17.9 Å². The molecule has 27 heavy (non-hydrogen) atoms. The molecule has 0 radical (unpaired) electrons. The van der Waals surface area contributed by atoms with E-state index in [1.165, 1.54) is 0 Å². The number of anilines is 1. The highest BCUT2D eigenvalue weighted by atomic mass is 16.2. The lowest BCUT2D eigenvalue weighted by atomic mass is 10.1. The third-order valence-electron chi connectivity index (χ3n) is 4.52. The minimum atomic E-state index is -0.166. The van der Waals surface area contributed by atoms with Crippen LogP contribution in [-0.4, -0.2) is 33.5 Å². The predicted molar refractivity (Wildman–Crippen MR) is 105 cm³/mol. The van der Waals surface area contributed by atoms with E-state index in [1.807, 2.05) is 49.4 Å². The van der Waals surface area contributed by atoms with Crippen molar-refractivity contribution in [2.45, 2.75) is 13.0 Å². The summed E-state index contributed by atoms with van der Waals surface area (Å²) in [5.41, 5.74) is 2.76. The smallest absolute Gasteiger partial charge is 0.257 e. The Kier molecular flexibility index (Phi) is 5.35. The van der Waals surface area contributed by atoms with Crippen molar-refractivity contribution < 1.29 is 9.59 Å². The van der Waals surface area contributed by atoms with Gasteiger partial charge in [0.15, 0.2) is 0 Å². The van der Waals surface area contributed by atoms with Gasteiger partial charge in [0.2, 0.25) is 0 Å². The number of nitrogens with one attached hydrogen (secondary N) is 1. The van der Waals surface area contributed by atoms with Crippen LogP contribution in [0.25, 0.3) is 0 Å². The molecule has 3 aromatic rings. The molecule has 1 atom stereocenters. The van der Waals surface area contributed by atoms with E-state index < -0.39 is 0 Å². The number of hydrogen-bond acceptors (Lipinski definition) is 3. The maximum Gasteiger partial charge on any atom is 0.257 e. The fraction of sp³-hybridized carbons (Fsp3) is 0.190. The largest absolute Gasteiger partial charge is 0.335 e. The van der Waals surface area contributed by atoms with E-state index in [0.29, 0.717) is 16.8 Å². The number of carbonyl (C=O) groups is 2. The first-order valence-corrected chi connectivity index (χ1v) is 8.68. The van der Waals surface area contributed by atoms with Crippen molar-refractivity contribution in [2.24, 2.45) is 7.05 Å².